The van der Waals surface area contributed by atoms with Crippen molar-refractivity contribution in [3.8, 4) is 0 Å². The maximum absolute atomic E-state index is 10.1. The van der Waals surface area contributed by atoms with Crippen LogP contribution in [-0.4, -0.2) is 25.8 Å². The molecule has 0 N–H and O–H groups in total. The van der Waals surface area contributed by atoms with E-state index in [4.69, 9.17) is 4.74 Å². The molecule has 0 unspecified atom stereocenters. The maximum Gasteiger partial charge on any atom is 0.302 e. The van der Waals surface area contributed by atoms with Gasteiger partial charge in [-0.05, 0) is 18.3 Å². The summed E-state index contributed by atoms with van der Waals surface area (Å²) in [4.78, 5) is 10.1. The van der Waals surface area contributed by atoms with E-state index in [1.807, 2.05) is 0 Å². The lowest BCUT2D eigenvalue weighted by Crippen LogP contribution is -2.06. The van der Waals surface area contributed by atoms with Crippen LogP contribution in [0.4, 0.5) is 0 Å². The highest BCUT2D eigenvalue weighted by Crippen LogP contribution is 1.96. The molecule has 0 aromatic rings. The van der Waals surface area contributed by atoms with Crippen molar-refractivity contribution < 1.29 is 14.3 Å². The van der Waals surface area contributed by atoms with E-state index in [1.54, 1.807) is 0 Å². The molecule has 0 spiro atoms. The van der Waals surface area contributed by atoms with Gasteiger partial charge in [-0.2, -0.15) is 0 Å². The topological polar surface area (TPSA) is 35.5 Å². The van der Waals surface area contributed by atoms with E-state index in [2.05, 4.69) is 39.4 Å². The molecular weight excluding hydrogens is 216 g/mol. The molecule has 0 aliphatic carbocycles. The van der Waals surface area contributed by atoms with Crippen molar-refractivity contribution in [2.45, 2.75) is 54.4 Å². The third-order valence-corrected chi connectivity index (χ3v) is 1.71. The van der Waals surface area contributed by atoms with Gasteiger partial charge in [0.15, 0.2) is 0 Å². The largest absolute Gasteiger partial charge is 0.466 e. The van der Waals surface area contributed by atoms with Gasteiger partial charge in [0.2, 0.25) is 0 Å². The number of rotatable bonds is 7. The fourth-order valence-corrected chi connectivity index (χ4v) is 0.900. The highest BCUT2D eigenvalue weighted by atomic mass is 16.5. The lowest BCUT2D eigenvalue weighted by atomic mass is 10.2. The summed E-state index contributed by atoms with van der Waals surface area (Å²) < 4.78 is 10.00. The molecule has 3 heteroatoms. The summed E-state index contributed by atoms with van der Waals surface area (Å²) in [6, 6.07) is 0. The van der Waals surface area contributed by atoms with E-state index in [-0.39, 0.29) is 5.97 Å². The van der Waals surface area contributed by atoms with Crippen LogP contribution in [0.15, 0.2) is 0 Å². The van der Waals surface area contributed by atoms with Crippen molar-refractivity contribution in [1.82, 2.24) is 0 Å². The van der Waals surface area contributed by atoms with Crippen LogP contribution in [0, 0.1) is 11.8 Å². The zero-order valence-corrected chi connectivity index (χ0v) is 12.4. The summed E-state index contributed by atoms with van der Waals surface area (Å²) in [6.45, 7) is 14.5. The molecule has 0 aromatic carbocycles. The Balaban J connectivity index is 0. The average molecular weight is 246 g/mol. The number of carbonyl (C=O) groups excluding carboxylic acids is 1. The number of carbonyl (C=O) groups is 1. The smallest absolute Gasteiger partial charge is 0.302 e. The Hall–Kier alpha value is -0.570. The van der Waals surface area contributed by atoms with Crippen molar-refractivity contribution in [3.63, 3.8) is 0 Å². The van der Waals surface area contributed by atoms with Gasteiger partial charge >= 0.3 is 5.97 Å². The molecule has 0 aliphatic heterocycles. The first-order valence-electron chi connectivity index (χ1n) is 6.61. The lowest BCUT2D eigenvalue weighted by Gasteiger charge is -2.07. The van der Waals surface area contributed by atoms with E-state index in [0.717, 1.165) is 26.1 Å². The predicted molar refractivity (Wildman–Crippen MR) is 72.0 cm³/mol. The highest BCUT2D eigenvalue weighted by Gasteiger charge is 1.95. The lowest BCUT2D eigenvalue weighted by molar-refractivity contribution is -0.141. The second-order valence-corrected chi connectivity index (χ2v) is 5.02. The molecule has 0 rings (SSSR count). The van der Waals surface area contributed by atoms with Gasteiger partial charge in [-0.1, -0.05) is 41.0 Å². The third kappa shape index (κ3) is 25.6. The fraction of sp³-hybridized carbons (Fsp3) is 0.929. The van der Waals surface area contributed by atoms with E-state index in [0.29, 0.717) is 18.4 Å². The fourth-order valence-electron chi connectivity index (χ4n) is 0.900. The second kappa shape index (κ2) is 13.5. The molecule has 0 saturated carbocycles. The highest BCUT2D eigenvalue weighted by molar-refractivity contribution is 5.65. The molecule has 3 nitrogen and oxygen atoms in total. The quantitative estimate of drug-likeness (QED) is 0.508. The van der Waals surface area contributed by atoms with Crippen LogP contribution in [0.25, 0.3) is 0 Å². The van der Waals surface area contributed by atoms with Crippen LogP contribution in [-0.2, 0) is 14.3 Å². The molecule has 0 atom stereocenters. The first kappa shape index (κ1) is 18.8. The summed E-state index contributed by atoms with van der Waals surface area (Å²) in [5.74, 6) is 1.16. The zero-order valence-electron chi connectivity index (χ0n) is 12.4. The van der Waals surface area contributed by atoms with Crippen LogP contribution < -0.4 is 0 Å². The first-order valence-corrected chi connectivity index (χ1v) is 6.61. The molecule has 0 aromatic heterocycles. The summed E-state index contributed by atoms with van der Waals surface area (Å²) in [6.07, 6.45) is 2.05. The predicted octanol–water partition coefficient (Wildman–Crippen LogP) is 3.66. The van der Waals surface area contributed by atoms with Crippen LogP contribution in [0.1, 0.15) is 54.4 Å². The molecule has 0 saturated heterocycles. The van der Waals surface area contributed by atoms with Crippen molar-refractivity contribution in [2.75, 3.05) is 19.8 Å². The molecule has 0 heterocycles. The van der Waals surface area contributed by atoms with Gasteiger partial charge in [0.25, 0.3) is 0 Å². The molecular formula is C14H30O3. The number of unbranched alkanes of at least 4 members (excludes halogenated alkanes) is 1. The number of hydrogen-bond donors (Lipinski definition) is 0. The number of hydrogen-bond acceptors (Lipinski definition) is 3. The van der Waals surface area contributed by atoms with Crippen LogP contribution >= 0.6 is 0 Å². The number of esters is 1. The van der Waals surface area contributed by atoms with Crippen LogP contribution in [0.2, 0.25) is 0 Å². The maximum atomic E-state index is 10.1. The summed E-state index contributed by atoms with van der Waals surface area (Å²) in [5.41, 5.74) is 0. The minimum Gasteiger partial charge on any atom is -0.466 e. The second-order valence-electron chi connectivity index (χ2n) is 5.02. The van der Waals surface area contributed by atoms with Gasteiger partial charge in [-0.3, -0.25) is 4.79 Å². The normalized spacial score (nSPS) is 10.1. The third-order valence-electron chi connectivity index (χ3n) is 1.71. The molecule has 0 radical (unpaired) electrons. The van der Waals surface area contributed by atoms with Crippen molar-refractivity contribution in [2.24, 2.45) is 11.8 Å². The summed E-state index contributed by atoms with van der Waals surface area (Å²) >= 11 is 0. The first-order chi connectivity index (χ1) is 7.90. The summed E-state index contributed by atoms with van der Waals surface area (Å²) in [5, 5.41) is 0. The van der Waals surface area contributed by atoms with Gasteiger partial charge in [0.05, 0.1) is 6.61 Å². The zero-order chi connectivity index (χ0) is 13.7. The molecule has 0 aliphatic rings. The standard InChI is InChI=1S/C8H18O.C6H12O2/c1-7(2)5-9-6-8(3)4;1-3-4-5-8-6(2)7/h7-8H,5-6H2,1-4H3;3-5H2,1-2H3. The van der Waals surface area contributed by atoms with Gasteiger partial charge in [0.1, 0.15) is 0 Å². The van der Waals surface area contributed by atoms with Gasteiger partial charge in [0, 0.05) is 20.1 Å². The van der Waals surface area contributed by atoms with E-state index >= 15 is 0 Å². The van der Waals surface area contributed by atoms with Gasteiger partial charge in [-0.25, -0.2) is 0 Å². The van der Waals surface area contributed by atoms with Crippen molar-refractivity contribution >= 4 is 5.97 Å². The van der Waals surface area contributed by atoms with Gasteiger partial charge in [-0.15, -0.1) is 0 Å². The van der Waals surface area contributed by atoms with E-state index < -0.39 is 0 Å². The minimum atomic E-state index is -0.182. The Morgan fingerprint density at radius 1 is 1.06 bits per heavy atom. The van der Waals surface area contributed by atoms with Crippen molar-refractivity contribution in [1.29, 1.82) is 0 Å². The summed E-state index contributed by atoms with van der Waals surface area (Å²) in [7, 11) is 0. The molecule has 104 valence electrons. The molecule has 0 bridgehead atoms. The Bertz CT molecular complexity index is 157. The van der Waals surface area contributed by atoms with Gasteiger partial charge < -0.3 is 9.47 Å². The Morgan fingerprint density at radius 3 is 1.82 bits per heavy atom. The molecule has 0 fully saturated rings. The average Bonchev–Trinajstić information content (AvgIpc) is 2.17. The SMILES string of the molecule is CC(C)COCC(C)C.CCCCOC(C)=O. The Kier molecular flexibility index (Phi) is 14.9. The monoisotopic (exact) mass is 246 g/mol. The van der Waals surface area contributed by atoms with Crippen LogP contribution in [0.5, 0.6) is 0 Å². The molecule has 0 amide bonds. The van der Waals surface area contributed by atoms with E-state index in [9.17, 15) is 4.79 Å². The van der Waals surface area contributed by atoms with Crippen LogP contribution in [0.3, 0.4) is 0 Å². The number of ether oxygens (including phenoxy) is 2. The molecule has 17 heavy (non-hydrogen) atoms. The van der Waals surface area contributed by atoms with E-state index in [1.165, 1.54) is 6.92 Å². The van der Waals surface area contributed by atoms with Crippen molar-refractivity contribution in [3.05, 3.63) is 0 Å². The Labute approximate surface area is 107 Å². The Morgan fingerprint density at radius 2 is 1.53 bits per heavy atom. The minimum absolute atomic E-state index is 0.182.